The van der Waals surface area contributed by atoms with E-state index in [1.54, 1.807) is 30.3 Å². The molecule has 0 aliphatic rings. The van der Waals surface area contributed by atoms with Crippen molar-refractivity contribution in [1.82, 2.24) is 9.88 Å². The first kappa shape index (κ1) is 20.2. The first-order valence-electron chi connectivity index (χ1n) is 9.55. The lowest BCUT2D eigenvalue weighted by Gasteiger charge is -2.19. The standard InChI is InChI=1S/C23H25N3O3/c1-3-28-20-13-11-18(12-14-20)25-22-21(10-7-15-24-22)23(27)26(2)16-17-29-19-8-5-4-6-9-19/h4-15H,3,16-17H2,1-2H3,(H,24,25). The van der Waals surface area contributed by atoms with Crippen molar-refractivity contribution in [3.63, 3.8) is 0 Å². The molecule has 0 aliphatic carbocycles. The Balaban J connectivity index is 1.63. The molecule has 6 heteroatoms. The Hall–Kier alpha value is -3.54. The number of anilines is 2. The number of ether oxygens (including phenoxy) is 2. The van der Waals surface area contributed by atoms with Crippen molar-refractivity contribution >= 4 is 17.4 Å². The summed E-state index contributed by atoms with van der Waals surface area (Å²) in [6.45, 7) is 3.44. The highest BCUT2D eigenvalue weighted by molar-refractivity contribution is 5.99. The van der Waals surface area contributed by atoms with E-state index in [0.717, 1.165) is 17.2 Å². The lowest BCUT2D eigenvalue weighted by atomic mass is 10.2. The Morgan fingerprint density at radius 2 is 1.69 bits per heavy atom. The minimum Gasteiger partial charge on any atom is -0.494 e. The molecule has 1 amide bonds. The molecule has 0 fully saturated rings. The van der Waals surface area contributed by atoms with Crippen LogP contribution in [-0.2, 0) is 0 Å². The van der Waals surface area contributed by atoms with Gasteiger partial charge in [-0.15, -0.1) is 0 Å². The number of benzene rings is 2. The van der Waals surface area contributed by atoms with Gasteiger partial charge in [0, 0.05) is 18.9 Å². The number of carbonyl (C=O) groups excluding carboxylic acids is 1. The molecule has 1 N–H and O–H groups in total. The highest BCUT2D eigenvalue weighted by Crippen LogP contribution is 2.22. The van der Waals surface area contributed by atoms with Crippen molar-refractivity contribution < 1.29 is 14.3 Å². The van der Waals surface area contributed by atoms with E-state index in [-0.39, 0.29) is 5.91 Å². The summed E-state index contributed by atoms with van der Waals surface area (Å²) in [7, 11) is 1.75. The molecule has 1 aromatic heterocycles. The average Bonchev–Trinajstić information content (AvgIpc) is 2.76. The molecule has 0 atom stereocenters. The fourth-order valence-corrected chi connectivity index (χ4v) is 2.74. The van der Waals surface area contributed by atoms with Gasteiger partial charge in [-0.3, -0.25) is 4.79 Å². The summed E-state index contributed by atoms with van der Waals surface area (Å²) in [5, 5.41) is 3.21. The molecule has 3 rings (SSSR count). The zero-order chi connectivity index (χ0) is 20.5. The summed E-state index contributed by atoms with van der Waals surface area (Å²) in [4.78, 5) is 18.9. The number of carbonyl (C=O) groups is 1. The van der Waals surface area contributed by atoms with Crippen LogP contribution in [0.25, 0.3) is 0 Å². The van der Waals surface area contributed by atoms with Crippen LogP contribution >= 0.6 is 0 Å². The van der Waals surface area contributed by atoms with Gasteiger partial charge < -0.3 is 19.7 Å². The summed E-state index contributed by atoms with van der Waals surface area (Å²) in [6, 6.07) is 20.6. The number of likely N-dealkylation sites (N-methyl/N-ethyl adjacent to an activating group) is 1. The van der Waals surface area contributed by atoms with Crippen molar-refractivity contribution in [2.75, 3.05) is 32.1 Å². The molecule has 1 heterocycles. The van der Waals surface area contributed by atoms with Crippen LogP contribution in [0.1, 0.15) is 17.3 Å². The molecule has 3 aromatic rings. The van der Waals surface area contributed by atoms with Crippen molar-refractivity contribution in [3.05, 3.63) is 78.5 Å². The van der Waals surface area contributed by atoms with Crippen LogP contribution in [0, 0.1) is 0 Å². The SMILES string of the molecule is CCOc1ccc(Nc2ncccc2C(=O)N(C)CCOc2ccccc2)cc1. The predicted molar refractivity (Wildman–Crippen MR) is 114 cm³/mol. The molecule has 6 nitrogen and oxygen atoms in total. The van der Waals surface area contributed by atoms with Gasteiger partial charge in [0.25, 0.3) is 5.91 Å². The molecule has 0 spiro atoms. The van der Waals surface area contributed by atoms with E-state index < -0.39 is 0 Å². The quantitative estimate of drug-likeness (QED) is 0.587. The first-order chi connectivity index (χ1) is 14.2. The van der Waals surface area contributed by atoms with Gasteiger partial charge in [0.15, 0.2) is 0 Å². The number of amides is 1. The Kier molecular flexibility index (Phi) is 7.05. The Morgan fingerprint density at radius 3 is 2.41 bits per heavy atom. The average molecular weight is 391 g/mol. The maximum atomic E-state index is 12.9. The van der Waals surface area contributed by atoms with Gasteiger partial charge in [0.1, 0.15) is 23.9 Å². The van der Waals surface area contributed by atoms with Gasteiger partial charge >= 0.3 is 0 Å². The second-order valence-corrected chi connectivity index (χ2v) is 6.37. The van der Waals surface area contributed by atoms with E-state index in [1.807, 2.05) is 61.5 Å². The molecule has 150 valence electrons. The molecule has 0 saturated carbocycles. The van der Waals surface area contributed by atoms with Crippen LogP contribution in [0.15, 0.2) is 72.9 Å². The van der Waals surface area contributed by atoms with E-state index >= 15 is 0 Å². The third kappa shape index (κ3) is 5.72. The number of nitrogens with zero attached hydrogens (tertiary/aromatic N) is 2. The van der Waals surface area contributed by atoms with Crippen LogP contribution in [0.2, 0.25) is 0 Å². The lowest BCUT2D eigenvalue weighted by Crippen LogP contribution is -2.31. The summed E-state index contributed by atoms with van der Waals surface area (Å²) in [5.74, 6) is 1.97. The Bertz CT molecular complexity index is 914. The minimum atomic E-state index is -0.122. The van der Waals surface area contributed by atoms with E-state index in [0.29, 0.717) is 31.1 Å². The first-order valence-corrected chi connectivity index (χ1v) is 9.55. The monoisotopic (exact) mass is 391 g/mol. The molecule has 0 radical (unpaired) electrons. The van der Waals surface area contributed by atoms with Gasteiger partial charge in [-0.25, -0.2) is 4.98 Å². The second kappa shape index (κ2) is 10.1. The number of nitrogens with one attached hydrogen (secondary N) is 1. The third-order valence-electron chi connectivity index (χ3n) is 4.25. The van der Waals surface area contributed by atoms with Crippen molar-refractivity contribution in [2.24, 2.45) is 0 Å². The highest BCUT2D eigenvalue weighted by Gasteiger charge is 2.17. The fourth-order valence-electron chi connectivity index (χ4n) is 2.74. The van der Waals surface area contributed by atoms with Gasteiger partial charge in [0.05, 0.1) is 18.7 Å². The van der Waals surface area contributed by atoms with E-state index in [4.69, 9.17) is 9.47 Å². The second-order valence-electron chi connectivity index (χ2n) is 6.37. The fraction of sp³-hybridized carbons (Fsp3) is 0.217. The number of rotatable bonds is 9. The molecular weight excluding hydrogens is 366 g/mol. The molecule has 2 aromatic carbocycles. The van der Waals surface area contributed by atoms with Crippen LogP contribution in [-0.4, -0.2) is 42.6 Å². The highest BCUT2D eigenvalue weighted by atomic mass is 16.5. The zero-order valence-electron chi connectivity index (χ0n) is 16.7. The zero-order valence-corrected chi connectivity index (χ0v) is 16.7. The van der Waals surface area contributed by atoms with Gasteiger partial charge in [0.2, 0.25) is 0 Å². The summed E-state index contributed by atoms with van der Waals surface area (Å²) in [5.41, 5.74) is 1.33. The number of hydrogen-bond acceptors (Lipinski definition) is 5. The molecular formula is C23H25N3O3. The Morgan fingerprint density at radius 1 is 0.966 bits per heavy atom. The number of hydrogen-bond donors (Lipinski definition) is 1. The van der Waals surface area contributed by atoms with E-state index in [1.165, 1.54) is 0 Å². The topological polar surface area (TPSA) is 63.7 Å². The molecule has 29 heavy (non-hydrogen) atoms. The van der Waals surface area contributed by atoms with Gasteiger partial charge in [-0.05, 0) is 55.5 Å². The lowest BCUT2D eigenvalue weighted by molar-refractivity contribution is 0.0774. The maximum absolute atomic E-state index is 12.9. The smallest absolute Gasteiger partial charge is 0.257 e. The normalized spacial score (nSPS) is 10.3. The molecule has 0 aliphatic heterocycles. The predicted octanol–water partition coefficient (Wildman–Crippen LogP) is 4.37. The summed E-state index contributed by atoms with van der Waals surface area (Å²) >= 11 is 0. The van der Waals surface area contributed by atoms with Gasteiger partial charge in [-0.2, -0.15) is 0 Å². The van der Waals surface area contributed by atoms with Gasteiger partial charge in [-0.1, -0.05) is 18.2 Å². The maximum Gasteiger partial charge on any atom is 0.257 e. The van der Waals surface area contributed by atoms with E-state index in [2.05, 4.69) is 10.3 Å². The summed E-state index contributed by atoms with van der Waals surface area (Å²) in [6.07, 6.45) is 1.66. The van der Waals surface area contributed by atoms with Crippen LogP contribution < -0.4 is 14.8 Å². The van der Waals surface area contributed by atoms with Crippen LogP contribution in [0.4, 0.5) is 11.5 Å². The number of pyridine rings is 1. The van der Waals surface area contributed by atoms with Crippen LogP contribution in [0.3, 0.4) is 0 Å². The van der Waals surface area contributed by atoms with Crippen LogP contribution in [0.5, 0.6) is 11.5 Å². The van der Waals surface area contributed by atoms with E-state index in [9.17, 15) is 4.79 Å². The minimum absolute atomic E-state index is 0.122. The Labute approximate surface area is 171 Å². The largest absolute Gasteiger partial charge is 0.494 e. The summed E-state index contributed by atoms with van der Waals surface area (Å²) < 4.78 is 11.1. The van der Waals surface area contributed by atoms with Crippen molar-refractivity contribution in [3.8, 4) is 11.5 Å². The molecule has 0 unspecified atom stereocenters. The van der Waals surface area contributed by atoms with Crippen molar-refractivity contribution in [1.29, 1.82) is 0 Å². The molecule has 0 saturated heterocycles. The number of para-hydroxylation sites is 1. The third-order valence-corrected chi connectivity index (χ3v) is 4.25. The van der Waals surface area contributed by atoms with Crippen molar-refractivity contribution in [2.45, 2.75) is 6.92 Å². The molecule has 0 bridgehead atoms. The number of aromatic nitrogens is 1.